The van der Waals surface area contributed by atoms with Gasteiger partial charge >= 0.3 is 0 Å². The van der Waals surface area contributed by atoms with E-state index in [1.807, 2.05) is 6.92 Å². The quantitative estimate of drug-likeness (QED) is 0.768. The molecule has 0 aliphatic rings. The molecule has 112 valence electrons. The number of rotatable bonds is 8. The van der Waals surface area contributed by atoms with Crippen LogP contribution in [0.4, 0.5) is 4.39 Å². The van der Waals surface area contributed by atoms with E-state index in [1.54, 1.807) is 32.0 Å². The molecule has 20 heavy (non-hydrogen) atoms. The molecule has 0 aliphatic heterocycles. The van der Waals surface area contributed by atoms with Gasteiger partial charge in [-0.05, 0) is 38.9 Å². The molecule has 0 saturated heterocycles. The standard InChI is InChI=1S/C15H23FN2O2/c1-4-9-18-15(3,14(17)19)10-11(2)20-13-8-6-5-7-12(13)16/h5-8,11,18H,4,9-10H2,1-3H3,(H2,17,19). The molecule has 0 spiro atoms. The SMILES string of the molecule is CCCNC(C)(CC(C)Oc1ccccc1F)C(N)=O. The number of carbonyl (C=O) groups excluding carboxylic acids is 1. The van der Waals surface area contributed by atoms with E-state index in [0.29, 0.717) is 13.0 Å². The molecule has 0 aromatic heterocycles. The molecule has 5 heteroatoms. The molecular weight excluding hydrogens is 259 g/mol. The van der Waals surface area contributed by atoms with Gasteiger partial charge in [-0.25, -0.2) is 4.39 Å². The van der Waals surface area contributed by atoms with Crippen LogP contribution in [-0.2, 0) is 4.79 Å². The number of hydrogen-bond donors (Lipinski definition) is 2. The highest BCUT2D eigenvalue weighted by atomic mass is 19.1. The predicted octanol–water partition coefficient (Wildman–Crippen LogP) is 2.23. The second-order valence-corrected chi connectivity index (χ2v) is 5.19. The van der Waals surface area contributed by atoms with Crippen LogP contribution in [0.1, 0.15) is 33.6 Å². The predicted molar refractivity (Wildman–Crippen MR) is 77.0 cm³/mol. The number of halogens is 1. The first-order chi connectivity index (χ1) is 9.39. The van der Waals surface area contributed by atoms with Crippen molar-refractivity contribution >= 4 is 5.91 Å². The van der Waals surface area contributed by atoms with Crippen LogP contribution < -0.4 is 15.8 Å². The molecule has 1 rings (SSSR count). The highest BCUT2D eigenvalue weighted by Crippen LogP contribution is 2.21. The minimum absolute atomic E-state index is 0.183. The molecule has 0 heterocycles. The minimum Gasteiger partial charge on any atom is -0.488 e. The first kappa shape index (κ1) is 16.4. The Balaban J connectivity index is 2.69. The molecule has 1 aromatic rings. The Labute approximate surface area is 119 Å². The van der Waals surface area contributed by atoms with Crippen LogP contribution in [0.5, 0.6) is 5.75 Å². The molecule has 0 aliphatic carbocycles. The summed E-state index contributed by atoms with van der Waals surface area (Å²) in [5, 5.41) is 3.13. The van der Waals surface area contributed by atoms with Gasteiger partial charge in [0.15, 0.2) is 11.6 Å². The van der Waals surface area contributed by atoms with Gasteiger partial charge in [-0.3, -0.25) is 4.79 Å². The maximum Gasteiger partial charge on any atom is 0.237 e. The molecule has 1 amide bonds. The Kier molecular flexibility index (Phi) is 5.95. The van der Waals surface area contributed by atoms with Crippen molar-refractivity contribution in [3.63, 3.8) is 0 Å². The van der Waals surface area contributed by atoms with E-state index >= 15 is 0 Å². The monoisotopic (exact) mass is 282 g/mol. The summed E-state index contributed by atoms with van der Waals surface area (Å²) in [6, 6.07) is 6.20. The van der Waals surface area contributed by atoms with Gasteiger partial charge in [0, 0.05) is 6.42 Å². The fourth-order valence-corrected chi connectivity index (χ4v) is 2.03. The van der Waals surface area contributed by atoms with E-state index in [1.165, 1.54) is 6.07 Å². The first-order valence-electron chi connectivity index (χ1n) is 6.85. The zero-order valence-corrected chi connectivity index (χ0v) is 12.3. The second kappa shape index (κ2) is 7.24. The number of amides is 1. The van der Waals surface area contributed by atoms with Crippen LogP contribution >= 0.6 is 0 Å². The number of primary amides is 1. The van der Waals surface area contributed by atoms with E-state index in [-0.39, 0.29) is 11.9 Å². The number of nitrogens with one attached hydrogen (secondary N) is 1. The Bertz CT molecular complexity index is 453. The third-order valence-electron chi connectivity index (χ3n) is 3.17. The Morgan fingerprint density at radius 2 is 2.15 bits per heavy atom. The highest BCUT2D eigenvalue weighted by molar-refractivity contribution is 5.84. The Morgan fingerprint density at radius 1 is 1.50 bits per heavy atom. The van der Waals surface area contributed by atoms with E-state index in [4.69, 9.17) is 10.5 Å². The van der Waals surface area contributed by atoms with Crippen molar-refractivity contribution in [2.45, 2.75) is 45.3 Å². The molecule has 3 N–H and O–H groups in total. The second-order valence-electron chi connectivity index (χ2n) is 5.19. The van der Waals surface area contributed by atoms with E-state index in [2.05, 4.69) is 5.32 Å². The molecule has 2 atom stereocenters. The average molecular weight is 282 g/mol. The highest BCUT2D eigenvalue weighted by Gasteiger charge is 2.32. The first-order valence-corrected chi connectivity index (χ1v) is 6.85. The van der Waals surface area contributed by atoms with Gasteiger partial charge in [-0.15, -0.1) is 0 Å². The van der Waals surface area contributed by atoms with Crippen molar-refractivity contribution in [3.05, 3.63) is 30.1 Å². The molecule has 0 saturated carbocycles. The van der Waals surface area contributed by atoms with Gasteiger partial charge in [0.25, 0.3) is 0 Å². The maximum atomic E-state index is 13.5. The van der Waals surface area contributed by atoms with Gasteiger partial charge in [-0.2, -0.15) is 0 Å². The van der Waals surface area contributed by atoms with Gasteiger partial charge in [0.05, 0.1) is 11.6 Å². The smallest absolute Gasteiger partial charge is 0.237 e. The average Bonchev–Trinajstić information content (AvgIpc) is 2.39. The number of hydrogen-bond acceptors (Lipinski definition) is 3. The van der Waals surface area contributed by atoms with Crippen molar-refractivity contribution < 1.29 is 13.9 Å². The number of para-hydroxylation sites is 1. The lowest BCUT2D eigenvalue weighted by atomic mass is 9.93. The summed E-state index contributed by atoms with van der Waals surface area (Å²) < 4.78 is 19.1. The molecule has 0 fully saturated rings. The third kappa shape index (κ3) is 4.49. The van der Waals surface area contributed by atoms with Crippen LogP contribution in [0, 0.1) is 5.82 Å². The Morgan fingerprint density at radius 3 is 2.70 bits per heavy atom. The summed E-state index contributed by atoms with van der Waals surface area (Å²) in [4.78, 5) is 11.6. The van der Waals surface area contributed by atoms with Crippen LogP contribution in [0.25, 0.3) is 0 Å². The molecule has 0 bridgehead atoms. The van der Waals surface area contributed by atoms with Crippen LogP contribution in [0.15, 0.2) is 24.3 Å². The number of benzene rings is 1. The normalized spacial score (nSPS) is 15.4. The summed E-state index contributed by atoms with van der Waals surface area (Å²) in [7, 11) is 0. The summed E-state index contributed by atoms with van der Waals surface area (Å²) in [6.07, 6.45) is 0.927. The van der Waals surface area contributed by atoms with Crippen molar-refractivity contribution in [2.75, 3.05) is 6.54 Å². The molecular formula is C15H23FN2O2. The van der Waals surface area contributed by atoms with E-state index < -0.39 is 17.3 Å². The largest absolute Gasteiger partial charge is 0.488 e. The minimum atomic E-state index is -0.860. The molecule has 0 radical (unpaired) electrons. The van der Waals surface area contributed by atoms with Crippen LogP contribution in [0.3, 0.4) is 0 Å². The molecule has 1 aromatic carbocycles. The number of carbonyl (C=O) groups is 1. The van der Waals surface area contributed by atoms with Crippen LogP contribution in [-0.4, -0.2) is 24.1 Å². The third-order valence-corrected chi connectivity index (χ3v) is 3.17. The fraction of sp³-hybridized carbons (Fsp3) is 0.533. The lowest BCUT2D eigenvalue weighted by Gasteiger charge is -2.30. The maximum absolute atomic E-state index is 13.5. The van der Waals surface area contributed by atoms with Crippen LogP contribution in [0.2, 0.25) is 0 Å². The Hall–Kier alpha value is -1.62. The summed E-state index contributed by atoms with van der Waals surface area (Å²) in [6.45, 7) is 6.23. The van der Waals surface area contributed by atoms with Crippen molar-refractivity contribution in [1.29, 1.82) is 0 Å². The molecule has 2 unspecified atom stereocenters. The van der Waals surface area contributed by atoms with E-state index in [9.17, 15) is 9.18 Å². The lowest BCUT2D eigenvalue weighted by Crippen LogP contribution is -2.55. The van der Waals surface area contributed by atoms with Gasteiger partial charge in [-0.1, -0.05) is 19.1 Å². The number of ether oxygens (including phenoxy) is 1. The zero-order valence-electron chi connectivity index (χ0n) is 12.3. The van der Waals surface area contributed by atoms with Crippen molar-refractivity contribution in [2.24, 2.45) is 5.73 Å². The lowest BCUT2D eigenvalue weighted by molar-refractivity contribution is -0.124. The van der Waals surface area contributed by atoms with Gasteiger partial charge in [0.2, 0.25) is 5.91 Å². The molecule has 4 nitrogen and oxygen atoms in total. The van der Waals surface area contributed by atoms with Crippen molar-refractivity contribution in [3.8, 4) is 5.75 Å². The summed E-state index contributed by atoms with van der Waals surface area (Å²) in [5.74, 6) is -0.668. The fourth-order valence-electron chi connectivity index (χ4n) is 2.03. The topological polar surface area (TPSA) is 64.3 Å². The van der Waals surface area contributed by atoms with Gasteiger partial charge in [0.1, 0.15) is 0 Å². The zero-order chi connectivity index (χ0) is 15.2. The summed E-state index contributed by atoms with van der Waals surface area (Å²) >= 11 is 0. The van der Waals surface area contributed by atoms with Crippen molar-refractivity contribution in [1.82, 2.24) is 5.32 Å². The van der Waals surface area contributed by atoms with E-state index in [0.717, 1.165) is 6.42 Å². The summed E-state index contributed by atoms with van der Waals surface area (Å²) in [5.41, 5.74) is 4.59. The van der Waals surface area contributed by atoms with Gasteiger partial charge < -0.3 is 15.8 Å². The number of nitrogens with two attached hydrogens (primary N) is 1.